The molecule has 2 heterocycles. The molecule has 106 valence electrons. The van der Waals surface area contributed by atoms with E-state index in [9.17, 15) is 4.79 Å². The van der Waals surface area contributed by atoms with Crippen LogP contribution >= 0.6 is 11.6 Å². The smallest absolute Gasteiger partial charge is 0.167 e. The second-order valence-corrected chi connectivity index (χ2v) is 5.20. The van der Waals surface area contributed by atoms with Crippen molar-refractivity contribution in [3.63, 3.8) is 0 Å². The lowest BCUT2D eigenvalue weighted by Crippen LogP contribution is -2.05. The van der Waals surface area contributed by atoms with E-state index in [1.165, 1.54) is 0 Å². The monoisotopic (exact) mass is 300 g/mol. The van der Waals surface area contributed by atoms with Crippen molar-refractivity contribution in [1.29, 1.82) is 0 Å². The highest BCUT2D eigenvalue weighted by Gasteiger charge is 2.16. The number of carbonyl (C=O) groups excluding carboxylic acids is 1. The first-order chi connectivity index (χ1) is 10.1. The van der Waals surface area contributed by atoms with Crippen LogP contribution in [-0.2, 0) is 13.5 Å². The van der Waals surface area contributed by atoms with E-state index in [-0.39, 0.29) is 12.2 Å². The molecule has 0 aliphatic carbocycles. The Bertz CT molecular complexity index is 841. The molecular weight excluding hydrogens is 288 g/mol. The second-order valence-electron chi connectivity index (χ2n) is 4.84. The van der Waals surface area contributed by atoms with E-state index in [0.717, 1.165) is 16.8 Å². The molecule has 6 heteroatoms. The topological polar surface area (TPSA) is 60.7 Å². The molecule has 2 aromatic heterocycles. The van der Waals surface area contributed by atoms with Gasteiger partial charge in [0.05, 0.1) is 16.7 Å². The lowest BCUT2D eigenvalue weighted by atomic mass is 10.0. The van der Waals surface area contributed by atoms with E-state index in [4.69, 9.17) is 11.6 Å². The molecule has 0 bridgehead atoms. The Morgan fingerprint density at radius 1 is 1.24 bits per heavy atom. The molecule has 3 aromatic rings. The zero-order valence-corrected chi connectivity index (χ0v) is 12.4. The molecule has 3 rings (SSSR count). The molecular formula is C15H13ClN4O. The van der Waals surface area contributed by atoms with Gasteiger partial charge in [0.2, 0.25) is 0 Å². The van der Waals surface area contributed by atoms with Gasteiger partial charge in [-0.15, -0.1) is 0 Å². The zero-order chi connectivity index (χ0) is 15.0. The van der Waals surface area contributed by atoms with Gasteiger partial charge < -0.3 is 0 Å². The van der Waals surface area contributed by atoms with Gasteiger partial charge in [-0.05, 0) is 25.1 Å². The maximum absolute atomic E-state index is 12.4. The summed E-state index contributed by atoms with van der Waals surface area (Å²) >= 11 is 6.17. The predicted molar refractivity (Wildman–Crippen MR) is 80.5 cm³/mol. The number of Topliss-reactive ketones (excluding diaryl/α,β-unsaturated/α-hetero) is 1. The fourth-order valence-electron chi connectivity index (χ4n) is 2.27. The van der Waals surface area contributed by atoms with Crippen molar-refractivity contribution in [2.24, 2.45) is 7.05 Å². The van der Waals surface area contributed by atoms with Crippen LogP contribution in [0, 0.1) is 6.92 Å². The summed E-state index contributed by atoms with van der Waals surface area (Å²) < 4.78 is 1.57. The molecule has 0 aliphatic rings. The third-order valence-electron chi connectivity index (χ3n) is 3.40. The highest BCUT2D eigenvalue weighted by Crippen LogP contribution is 2.21. The summed E-state index contributed by atoms with van der Waals surface area (Å²) in [7, 11) is 1.76. The normalized spacial score (nSPS) is 11.0. The molecule has 0 N–H and O–H groups in total. The van der Waals surface area contributed by atoms with E-state index >= 15 is 0 Å². The fourth-order valence-corrected chi connectivity index (χ4v) is 2.52. The Hall–Kier alpha value is -2.27. The first-order valence-corrected chi connectivity index (χ1v) is 6.86. The van der Waals surface area contributed by atoms with E-state index in [2.05, 4.69) is 15.1 Å². The van der Waals surface area contributed by atoms with E-state index < -0.39 is 0 Å². The molecule has 0 spiro atoms. The number of rotatable bonds is 3. The van der Waals surface area contributed by atoms with E-state index in [1.807, 2.05) is 6.92 Å². The van der Waals surface area contributed by atoms with Crippen molar-refractivity contribution in [2.75, 3.05) is 0 Å². The summed E-state index contributed by atoms with van der Waals surface area (Å²) in [5.41, 5.74) is 3.61. The van der Waals surface area contributed by atoms with Crippen molar-refractivity contribution < 1.29 is 4.79 Å². The standard InChI is InChI=1S/C15H13ClN4O/c1-9-11(15(16)20(2)19-9)8-14(21)10-3-4-12-13(7-10)18-6-5-17-12/h3-7H,8H2,1-2H3. The lowest BCUT2D eigenvalue weighted by Gasteiger charge is -2.03. The van der Waals surface area contributed by atoms with Gasteiger partial charge in [0, 0.05) is 37.0 Å². The van der Waals surface area contributed by atoms with Crippen LogP contribution in [0.2, 0.25) is 5.15 Å². The number of hydrogen-bond acceptors (Lipinski definition) is 4. The van der Waals surface area contributed by atoms with Crippen LogP contribution in [0.25, 0.3) is 11.0 Å². The Balaban J connectivity index is 1.93. The number of fused-ring (bicyclic) bond motifs is 1. The van der Waals surface area contributed by atoms with Crippen molar-refractivity contribution in [3.05, 3.63) is 52.6 Å². The largest absolute Gasteiger partial charge is 0.294 e. The zero-order valence-electron chi connectivity index (χ0n) is 11.7. The summed E-state index contributed by atoms with van der Waals surface area (Å²) in [4.78, 5) is 20.8. The third kappa shape index (κ3) is 2.52. The highest BCUT2D eigenvalue weighted by molar-refractivity contribution is 6.30. The summed E-state index contributed by atoms with van der Waals surface area (Å²) in [5.74, 6) is -0.0134. The van der Waals surface area contributed by atoms with Gasteiger partial charge in [-0.1, -0.05) is 11.6 Å². The summed E-state index contributed by atoms with van der Waals surface area (Å²) in [5, 5.41) is 4.72. The van der Waals surface area contributed by atoms with Crippen LogP contribution in [-0.4, -0.2) is 25.5 Å². The SMILES string of the molecule is Cc1nn(C)c(Cl)c1CC(=O)c1ccc2nccnc2c1. The second kappa shape index (κ2) is 5.26. The van der Waals surface area contributed by atoms with Gasteiger partial charge in [0.15, 0.2) is 5.78 Å². The van der Waals surface area contributed by atoms with Gasteiger partial charge in [0.25, 0.3) is 0 Å². The van der Waals surface area contributed by atoms with Crippen LogP contribution in [0.15, 0.2) is 30.6 Å². The molecule has 21 heavy (non-hydrogen) atoms. The van der Waals surface area contributed by atoms with Crippen molar-refractivity contribution in [1.82, 2.24) is 19.7 Å². The first kappa shape index (κ1) is 13.7. The van der Waals surface area contributed by atoms with Gasteiger partial charge in [-0.3, -0.25) is 19.4 Å². The number of aromatic nitrogens is 4. The molecule has 0 amide bonds. The number of nitrogens with zero attached hydrogens (tertiary/aromatic N) is 4. The van der Waals surface area contributed by atoms with Crippen LogP contribution in [0.3, 0.4) is 0 Å². The minimum atomic E-state index is -0.0134. The average Bonchev–Trinajstić information content (AvgIpc) is 2.73. The number of carbonyl (C=O) groups is 1. The molecule has 5 nitrogen and oxygen atoms in total. The Morgan fingerprint density at radius 3 is 2.62 bits per heavy atom. The van der Waals surface area contributed by atoms with Gasteiger partial charge in [-0.2, -0.15) is 5.10 Å². The molecule has 1 aromatic carbocycles. The lowest BCUT2D eigenvalue weighted by molar-refractivity contribution is 0.0993. The van der Waals surface area contributed by atoms with Crippen LogP contribution in [0.5, 0.6) is 0 Å². The minimum Gasteiger partial charge on any atom is -0.294 e. The highest BCUT2D eigenvalue weighted by atomic mass is 35.5. The number of benzene rings is 1. The molecule has 0 aliphatic heterocycles. The predicted octanol–water partition coefficient (Wildman–Crippen LogP) is 2.75. The van der Waals surface area contributed by atoms with Gasteiger partial charge in [0.1, 0.15) is 5.15 Å². The van der Waals surface area contributed by atoms with Crippen LogP contribution in [0.4, 0.5) is 0 Å². The average molecular weight is 301 g/mol. The third-order valence-corrected chi connectivity index (χ3v) is 3.87. The molecule has 0 saturated carbocycles. The van der Waals surface area contributed by atoms with Gasteiger partial charge in [-0.25, -0.2) is 0 Å². The minimum absolute atomic E-state index is 0.0134. The maximum Gasteiger partial charge on any atom is 0.167 e. The quantitative estimate of drug-likeness (QED) is 0.698. The summed E-state index contributed by atoms with van der Waals surface area (Å²) in [6, 6.07) is 5.32. The Kier molecular flexibility index (Phi) is 3.43. The van der Waals surface area contributed by atoms with E-state index in [1.54, 1.807) is 42.3 Å². The first-order valence-electron chi connectivity index (χ1n) is 6.48. The molecule has 0 saturated heterocycles. The van der Waals surface area contributed by atoms with Crippen LogP contribution < -0.4 is 0 Å². The molecule has 0 atom stereocenters. The molecule has 0 fully saturated rings. The fraction of sp³-hybridized carbons (Fsp3) is 0.200. The number of ketones is 1. The van der Waals surface area contributed by atoms with Gasteiger partial charge >= 0.3 is 0 Å². The Morgan fingerprint density at radius 2 is 1.95 bits per heavy atom. The molecule has 0 radical (unpaired) electrons. The molecule has 0 unspecified atom stereocenters. The number of halogens is 1. The number of aryl methyl sites for hydroxylation is 2. The van der Waals surface area contributed by atoms with Crippen molar-refractivity contribution in [2.45, 2.75) is 13.3 Å². The van der Waals surface area contributed by atoms with Crippen LogP contribution in [0.1, 0.15) is 21.6 Å². The van der Waals surface area contributed by atoms with Crippen molar-refractivity contribution >= 4 is 28.4 Å². The van der Waals surface area contributed by atoms with E-state index in [0.29, 0.717) is 16.2 Å². The summed E-state index contributed by atoms with van der Waals surface area (Å²) in [6.45, 7) is 1.85. The summed E-state index contributed by atoms with van der Waals surface area (Å²) in [6.07, 6.45) is 3.46. The van der Waals surface area contributed by atoms with Crippen molar-refractivity contribution in [3.8, 4) is 0 Å². The number of hydrogen-bond donors (Lipinski definition) is 0. The maximum atomic E-state index is 12.4. The Labute approximate surface area is 126 Å².